The summed E-state index contributed by atoms with van der Waals surface area (Å²) in [4.78, 5) is 28.9. The third kappa shape index (κ3) is 4.95. The number of anilines is 2. The predicted octanol–water partition coefficient (Wildman–Crippen LogP) is 5.06. The first kappa shape index (κ1) is 22.3. The van der Waals surface area contributed by atoms with Gasteiger partial charge in [0.1, 0.15) is 17.4 Å². The molecule has 3 aromatic carbocycles. The fourth-order valence-electron chi connectivity index (χ4n) is 3.77. The second-order valence-corrected chi connectivity index (χ2v) is 7.65. The minimum Gasteiger partial charge on any atom is -0.495 e. The van der Waals surface area contributed by atoms with E-state index >= 15 is 0 Å². The molecule has 0 spiro atoms. The van der Waals surface area contributed by atoms with Gasteiger partial charge in [0.15, 0.2) is 0 Å². The molecule has 1 saturated heterocycles. The van der Waals surface area contributed by atoms with E-state index < -0.39 is 11.7 Å². The fraction of sp³-hybridized carbons (Fsp3) is 0.200. The van der Waals surface area contributed by atoms with Gasteiger partial charge in [0.25, 0.3) is 5.91 Å². The molecule has 170 valence electrons. The summed E-state index contributed by atoms with van der Waals surface area (Å²) in [5.74, 6) is -0.722. The van der Waals surface area contributed by atoms with Gasteiger partial charge in [0, 0.05) is 29.9 Å². The van der Waals surface area contributed by atoms with E-state index in [2.05, 4.69) is 5.32 Å². The molecular formula is C25H23F2N3O3. The number of amides is 3. The Kier molecular flexibility index (Phi) is 6.53. The van der Waals surface area contributed by atoms with Crippen molar-refractivity contribution in [1.29, 1.82) is 0 Å². The maximum absolute atomic E-state index is 14.1. The van der Waals surface area contributed by atoms with Crippen LogP contribution in [0.15, 0.2) is 66.7 Å². The summed E-state index contributed by atoms with van der Waals surface area (Å²) in [6, 6.07) is 16.3. The number of ether oxygens (including phenoxy) is 1. The van der Waals surface area contributed by atoms with E-state index in [0.29, 0.717) is 47.8 Å². The quantitative estimate of drug-likeness (QED) is 0.570. The third-order valence-electron chi connectivity index (χ3n) is 5.46. The molecule has 0 radical (unpaired) electrons. The SMILES string of the molecule is COc1ccc(NC(=O)c2ccc(F)cc2)cc1N1CCCN(Cc2ccccc2F)C1=O. The molecule has 0 unspecified atom stereocenters. The standard InChI is InChI=1S/C25H23F2N3O3/c1-33-23-12-11-20(28-24(31)17-7-9-19(26)10-8-17)15-22(23)30-14-4-13-29(25(30)32)16-18-5-2-3-6-21(18)27/h2-3,5-12,15H,4,13-14,16H2,1H3,(H,28,31). The maximum Gasteiger partial charge on any atom is 0.324 e. The molecule has 1 aliphatic heterocycles. The molecule has 0 atom stereocenters. The van der Waals surface area contributed by atoms with Crippen LogP contribution in [0.5, 0.6) is 5.75 Å². The van der Waals surface area contributed by atoms with E-state index in [1.54, 1.807) is 46.2 Å². The number of benzene rings is 3. The highest BCUT2D eigenvalue weighted by atomic mass is 19.1. The first-order valence-corrected chi connectivity index (χ1v) is 10.5. The highest BCUT2D eigenvalue weighted by Crippen LogP contribution is 2.34. The van der Waals surface area contributed by atoms with Crippen molar-refractivity contribution in [2.24, 2.45) is 0 Å². The van der Waals surface area contributed by atoms with Gasteiger partial charge in [0.2, 0.25) is 0 Å². The van der Waals surface area contributed by atoms with Crippen LogP contribution >= 0.6 is 0 Å². The van der Waals surface area contributed by atoms with E-state index in [9.17, 15) is 18.4 Å². The number of halogens is 2. The van der Waals surface area contributed by atoms with Crippen LogP contribution in [0.3, 0.4) is 0 Å². The van der Waals surface area contributed by atoms with Gasteiger partial charge in [-0.25, -0.2) is 13.6 Å². The predicted molar refractivity (Wildman–Crippen MR) is 122 cm³/mol. The van der Waals surface area contributed by atoms with Crippen molar-refractivity contribution in [2.75, 3.05) is 30.4 Å². The van der Waals surface area contributed by atoms with Crippen LogP contribution < -0.4 is 15.0 Å². The number of nitrogens with one attached hydrogen (secondary N) is 1. The van der Waals surface area contributed by atoms with Gasteiger partial charge in [-0.2, -0.15) is 0 Å². The molecule has 33 heavy (non-hydrogen) atoms. The van der Waals surface area contributed by atoms with E-state index in [1.807, 2.05) is 0 Å². The molecule has 3 amide bonds. The van der Waals surface area contributed by atoms with Crippen molar-refractivity contribution in [3.63, 3.8) is 0 Å². The highest BCUT2D eigenvalue weighted by molar-refractivity contribution is 6.05. The number of rotatable bonds is 6. The first-order valence-electron chi connectivity index (χ1n) is 10.5. The van der Waals surface area contributed by atoms with Crippen molar-refractivity contribution >= 4 is 23.3 Å². The number of methoxy groups -OCH3 is 1. The molecule has 1 aliphatic rings. The maximum atomic E-state index is 14.1. The molecule has 8 heteroatoms. The Bertz CT molecular complexity index is 1170. The Morgan fingerprint density at radius 2 is 1.79 bits per heavy atom. The molecule has 4 rings (SSSR count). The van der Waals surface area contributed by atoms with Crippen LogP contribution in [0.25, 0.3) is 0 Å². The highest BCUT2D eigenvalue weighted by Gasteiger charge is 2.29. The molecule has 1 fully saturated rings. The number of hydrogen-bond acceptors (Lipinski definition) is 3. The summed E-state index contributed by atoms with van der Waals surface area (Å²) in [6.07, 6.45) is 0.690. The van der Waals surface area contributed by atoms with Crippen LogP contribution in [0.4, 0.5) is 25.0 Å². The Morgan fingerprint density at radius 1 is 1.03 bits per heavy atom. The van der Waals surface area contributed by atoms with Crippen LogP contribution in [0.2, 0.25) is 0 Å². The van der Waals surface area contributed by atoms with E-state index in [0.717, 1.165) is 0 Å². The molecule has 0 aliphatic carbocycles. The van der Waals surface area contributed by atoms with Crippen LogP contribution in [0.1, 0.15) is 22.3 Å². The second-order valence-electron chi connectivity index (χ2n) is 7.65. The van der Waals surface area contributed by atoms with Gasteiger partial charge in [0.05, 0.1) is 19.3 Å². The molecule has 1 N–H and O–H groups in total. The Labute approximate surface area is 190 Å². The lowest BCUT2D eigenvalue weighted by atomic mass is 10.1. The lowest BCUT2D eigenvalue weighted by Gasteiger charge is -2.36. The van der Waals surface area contributed by atoms with Crippen molar-refractivity contribution < 1.29 is 23.1 Å². The number of carbonyl (C=O) groups is 2. The zero-order chi connectivity index (χ0) is 23.4. The number of nitrogens with zero attached hydrogens (tertiary/aromatic N) is 2. The monoisotopic (exact) mass is 451 g/mol. The minimum absolute atomic E-state index is 0.158. The molecule has 1 heterocycles. The van der Waals surface area contributed by atoms with Gasteiger partial charge in [-0.1, -0.05) is 18.2 Å². The smallest absolute Gasteiger partial charge is 0.324 e. The average Bonchev–Trinajstić information content (AvgIpc) is 2.82. The molecule has 0 saturated carbocycles. The van der Waals surface area contributed by atoms with Crippen LogP contribution in [-0.2, 0) is 6.54 Å². The van der Waals surface area contributed by atoms with E-state index in [1.165, 1.54) is 37.4 Å². The first-order chi connectivity index (χ1) is 16.0. The molecule has 6 nitrogen and oxygen atoms in total. The zero-order valence-corrected chi connectivity index (χ0v) is 18.1. The van der Waals surface area contributed by atoms with Gasteiger partial charge < -0.3 is 15.0 Å². The van der Waals surface area contributed by atoms with Gasteiger partial charge >= 0.3 is 6.03 Å². The number of urea groups is 1. The largest absolute Gasteiger partial charge is 0.495 e. The summed E-state index contributed by atoms with van der Waals surface area (Å²) in [5, 5.41) is 2.76. The fourth-order valence-corrected chi connectivity index (χ4v) is 3.77. The van der Waals surface area contributed by atoms with Crippen LogP contribution in [0, 0.1) is 11.6 Å². The summed E-state index contributed by atoms with van der Waals surface area (Å²) >= 11 is 0. The minimum atomic E-state index is -0.429. The van der Waals surface area contributed by atoms with Crippen LogP contribution in [-0.4, -0.2) is 37.0 Å². The Balaban J connectivity index is 1.56. The number of carbonyl (C=O) groups excluding carboxylic acids is 2. The lowest BCUT2D eigenvalue weighted by Crippen LogP contribution is -2.49. The Morgan fingerprint density at radius 3 is 2.52 bits per heavy atom. The number of hydrogen-bond donors (Lipinski definition) is 1. The molecule has 0 aromatic heterocycles. The summed E-state index contributed by atoms with van der Waals surface area (Å²) in [6.45, 7) is 1.12. The van der Waals surface area contributed by atoms with Crippen molar-refractivity contribution in [2.45, 2.75) is 13.0 Å². The molecular weight excluding hydrogens is 428 g/mol. The summed E-state index contributed by atoms with van der Waals surface area (Å²) in [5.41, 5.74) is 1.70. The Hall–Kier alpha value is -3.94. The lowest BCUT2D eigenvalue weighted by molar-refractivity contribution is 0.102. The second kappa shape index (κ2) is 9.68. The van der Waals surface area contributed by atoms with Gasteiger partial charge in [-0.05, 0) is 55.0 Å². The topological polar surface area (TPSA) is 61.9 Å². The van der Waals surface area contributed by atoms with E-state index in [4.69, 9.17) is 4.74 Å². The van der Waals surface area contributed by atoms with Gasteiger partial charge in [-0.3, -0.25) is 9.69 Å². The van der Waals surface area contributed by atoms with Crippen molar-refractivity contribution in [3.8, 4) is 5.75 Å². The van der Waals surface area contributed by atoms with Gasteiger partial charge in [-0.15, -0.1) is 0 Å². The summed E-state index contributed by atoms with van der Waals surface area (Å²) < 4.78 is 32.7. The zero-order valence-electron chi connectivity index (χ0n) is 18.1. The van der Waals surface area contributed by atoms with E-state index in [-0.39, 0.29) is 18.4 Å². The van der Waals surface area contributed by atoms with Crippen molar-refractivity contribution in [3.05, 3.63) is 89.5 Å². The molecule has 3 aromatic rings. The third-order valence-corrected chi connectivity index (χ3v) is 5.46. The normalized spacial score (nSPS) is 13.7. The summed E-state index contributed by atoms with van der Waals surface area (Å²) in [7, 11) is 1.50. The van der Waals surface area contributed by atoms with Crippen molar-refractivity contribution in [1.82, 2.24) is 4.90 Å². The molecule has 0 bridgehead atoms. The average molecular weight is 451 g/mol.